The number of likely N-dealkylation sites (N-methyl/N-ethyl adjacent to an activating group) is 1. The largest absolute Gasteiger partial charge is 0.324 e. The van der Waals surface area contributed by atoms with Crippen LogP contribution in [0.2, 0.25) is 0 Å². The first-order valence-electron chi connectivity index (χ1n) is 7.28. The molecule has 0 saturated carbocycles. The molecule has 3 heteroatoms. The van der Waals surface area contributed by atoms with Crippen LogP contribution in [0.15, 0.2) is 48.5 Å². The second-order valence-electron chi connectivity index (χ2n) is 5.71. The highest BCUT2D eigenvalue weighted by molar-refractivity contribution is 5.95. The zero-order valence-electron chi connectivity index (χ0n) is 12.5. The summed E-state index contributed by atoms with van der Waals surface area (Å²) in [6.45, 7) is 2.83. The van der Waals surface area contributed by atoms with E-state index in [-0.39, 0.29) is 11.9 Å². The number of aryl methyl sites for hydroxylation is 1. The van der Waals surface area contributed by atoms with Gasteiger partial charge in [-0.2, -0.15) is 0 Å². The molecular formula is C18H20N2O. The molecule has 0 spiro atoms. The third-order valence-corrected chi connectivity index (χ3v) is 4.19. The van der Waals surface area contributed by atoms with Crippen molar-refractivity contribution < 1.29 is 4.79 Å². The van der Waals surface area contributed by atoms with E-state index in [1.807, 2.05) is 44.3 Å². The van der Waals surface area contributed by atoms with E-state index in [1.54, 1.807) is 0 Å². The summed E-state index contributed by atoms with van der Waals surface area (Å²) in [5.74, 6) is 0.0707. The quantitative estimate of drug-likeness (QED) is 0.917. The second kappa shape index (κ2) is 5.70. The van der Waals surface area contributed by atoms with Gasteiger partial charge in [-0.3, -0.25) is 9.69 Å². The minimum atomic E-state index is -0.112. The van der Waals surface area contributed by atoms with Crippen LogP contribution in [0.25, 0.3) is 0 Å². The third kappa shape index (κ3) is 2.83. The van der Waals surface area contributed by atoms with Crippen LogP contribution in [-0.2, 0) is 17.8 Å². The summed E-state index contributed by atoms with van der Waals surface area (Å²) in [6.07, 6.45) is 0.768. The number of fused-ring (bicyclic) bond motifs is 1. The van der Waals surface area contributed by atoms with Crippen LogP contribution in [-0.4, -0.2) is 23.9 Å². The van der Waals surface area contributed by atoms with Gasteiger partial charge < -0.3 is 5.32 Å². The number of hydrogen-bond donors (Lipinski definition) is 1. The smallest absolute Gasteiger partial charge is 0.242 e. The minimum absolute atomic E-state index is 0.0707. The fourth-order valence-corrected chi connectivity index (χ4v) is 2.88. The monoisotopic (exact) mass is 280 g/mol. The van der Waals surface area contributed by atoms with Gasteiger partial charge in [0.1, 0.15) is 0 Å². The van der Waals surface area contributed by atoms with Gasteiger partial charge in [0.15, 0.2) is 0 Å². The first-order chi connectivity index (χ1) is 10.1. The number of carbonyl (C=O) groups is 1. The van der Waals surface area contributed by atoms with Gasteiger partial charge in [0, 0.05) is 12.2 Å². The maximum atomic E-state index is 12.6. The molecule has 3 nitrogen and oxygen atoms in total. The van der Waals surface area contributed by atoms with Crippen LogP contribution in [0.1, 0.15) is 16.7 Å². The first-order valence-corrected chi connectivity index (χ1v) is 7.28. The highest BCUT2D eigenvalue weighted by Crippen LogP contribution is 2.23. The van der Waals surface area contributed by atoms with Crippen molar-refractivity contribution in [2.45, 2.75) is 25.9 Å². The average Bonchev–Trinajstić information content (AvgIpc) is 2.49. The number of rotatable bonds is 2. The maximum absolute atomic E-state index is 12.6. The van der Waals surface area contributed by atoms with E-state index in [0.29, 0.717) is 0 Å². The molecule has 108 valence electrons. The van der Waals surface area contributed by atoms with Crippen LogP contribution in [0.5, 0.6) is 0 Å². The first kappa shape index (κ1) is 13.8. The van der Waals surface area contributed by atoms with Gasteiger partial charge >= 0.3 is 0 Å². The van der Waals surface area contributed by atoms with E-state index in [9.17, 15) is 4.79 Å². The molecule has 1 aliphatic heterocycles. The number of nitrogens with zero attached hydrogens (tertiary/aromatic N) is 1. The molecule has 21 heavy (non-hydrogen) atoms. The van der Waals surface area contributed by atoms with Crippen molar-refractivity contribution in [3.05, 3.63) is 65.2 Å². The lowest BCUT2D eigenvalue weighted by Gasteiger charge is -2.33. The van der Waals surface area contributed by atoms with Gasteiger partial charge in [0.25, 0.3) is 0 Å². The number of amides is 1. The zero-order valence-corrected chi connectivity index (χ0v) is 12.5. The van der Waals surface area contributed by atoms with Gasteiger partial charge in [-0.1, -0.05) is 42.5 Å². The lowest BCUT2D eigenvalue weighted by atomic mass is 9.94. The molecule has 1 atom stereocenters. The predicted molar refractivity (Wildman–Crippen MR) is 85.2 cm³/mol. The van der Waals surface area contributed by atoms with Crippen LogP contribution < -0.4 is 5.32 Å². The molecule has 1 N–H and O–H groups in total. The standard InChI is InChI=1S/C18H20N2O/c1-13-7-3-6-10-16(13)19-18(21)17-11-14-8-4-5-9-15(14)12-20(17)2/h3-10,17H,11-12H2,1-2H3,(H,19,21). The Bertz CT molecular complexity index is 666. The van der Waals surface area contributed by atoms with Crippen molar-refractivity contribution in [3.8, 4) is 0 Å². The van der Waals surface area contributed by atoms with Crippen LogP contribution in [0.4, 0.5) is 5.69 Å². The van der Waals surface area contributed by atoms with Crippen LogP contribution in [0, 0.1) is 6.92 Å². The topological polar surface area (TPSA) is 32.3 Å². The molecule has 0 aliphatic carbocycles. The summed E-state index contributed by atoms with van der Waals surface area (Å²) in [5, 5.41) is 3.06. The molecule has 1 aliphatic rings. The van der Waals surface area contributed by atoms with Gasteiger partial charge in [0.05, 0.1) is 6.04 Å². The number of carbonyl (C=O) groups excluding carboxylic acids is 1. The Hall–Kier alpha value is -2.13. The molecule has 0 bridgehead atoms. The Balaban J connectivity index is 1.78. The third-order valence-electron chi connectivity index (χ3n) is 4.19. The van der Waals surface area contributed by atoms with Crippen molar-refractivity contribution in [1.29, 1.82) is 0 Å². The van der Waals surface area contributed by atoms with E-state index in [2.05, 4.69) is 28.4 Å². The Kier molecular flexibility index (Phi) is 3.76. The number of para-hydroxylation sites is 1. The molecule has 3 rings (SSSR count). The van der Waals surface area contributed by atoms with Crippen molar-refractivity contribution >= 4 is 11.6 Å². The number of hydrogen-bond acceptors (Lipinski definition) is 2. The molecule has 2 aromatic rings. The Labute approximate surface area is 125 Å². The van der Waals surface area contributed by atoms with Crippen molar-refractivity contribution in [2.75, 3.05) is 12.4 Å². The van der Waals surface area contributed by atoms with Gasteiger partial charge in [-0.05, 0) is 43.1 Å². The molecule has 1 heterocycles. The summed E-state index contributed by atoms with van der Waals surface area (Å²) in [5.41, 5.74) is 4.58. The highest BCUT2D eigenvalue weighted by atomic mass is 16.2. The van der Waals surface area contributed by atoms with Crippen molar-refractivity contribution in [1.82, 2.24) is 4.90 Å². The second-order valence-corrected chi connectivity index (χ2v) is 5.71. The van der Waals surface area contributed by atoms with E-state index in [0.717, 1.165) is 24.2 Å². The van der Waals surface area contributed by atoms with Crippen LogP contribution >= 0.6 is 0 Å². The summed E-state index contributed by atoms with van der Waals surface area (Å²) >= 11 is 0. The summed E-state index contributed by atoms with van der Waals surface area (Å²) < 4.78 is 0. The number of nitrogens with one attached hydrogen (secondary N) is 1. The van der Waals surface area contributed by atoms with E-state index < -0.39 is 0 Å². The number of benzene rings is 2. The van der Waals surface area contributed by atoms with Crippen molar-refractivity contribution in [2.24, 2.45) is 0 Å². The maximum Gasteiger partial charge on any atom is 0.242 e. The molecule has 1 amide bonds. The molecule has 1 unspecified atom stereocenters. The Morgan fingerprint density at radius 2 is 1.76 bits per heavy atom. The van der Waals surface area contributed by atoms with E-state index >= 15 is 0 Å². The predicted octanol–water partition coefficient (Wildman–Crippen LogP) is 2.99. The van der Waals surface area contributed by atoms with E-state index in [4.69, 9.17) is 0 Å². The Morgan fingerprint density at radius 3 is 2.52 bits per heavy atom. The fraction of sp³-hybridized carbons (Fsp3) is 0.278. The lowest BCUT2D eigenvalue weighted by Crippen LogP contribution is -2.45. The molecule has 2 aromatic carbocycles. The summed E-state index contributed by atoms with van der Waals surface area (Å²) in [6, 6.07) is 16.1. The molecule has 0 fully saturated rings. The van der Waals surface area contributed by atoms with Gasteiger partial charge in [-0.15, -0.1) is 0 Å². The molecule has 0 saturated heterocycles. The van der Waals surface area contributed by atoms with Gasteiger partial charge in [0.2, 0.25) is 5.91 Å². The lowest BCUT2D eigenvalue weighted by molar-refractivity contribution is -0.121. The van der Waals surface area contributed by atoms with Crippen molar-refractivity contribution in [3.63, 3.8) is 0 Å². The zero-order chi connectivity index (χ0) is 14.8. The molecule has 0 aromatic heterocycles. The van der Waals surface area contributed by atoms with Crippen LogP contribution in [0.3, 0.4) is 0 Å². The Morgan fingerprint density at radius 1 is 1.10 bits per heavy atom. The SMILES string of the molecule is Cc1ccccc1NC(=O)C1Cc2ccccc2CN1C. The molecular weight excluding hydrogens is 260 g/mol. The minimum Gasteiger partial charge on any atom is -0.324 e. The normalized spacial score (nSPS) is 18.1. The summed E-state index contributed by atoms with van der Waals surface area (Å²) in [4.78, 5) is 14.7. The average molecular weight is 280 g/mol. The summed E-state index contributed by atoms with van der Waals surface area (Å²) in [7, 11) is 2.01. The van der Waals surface area contributed by atoms with E-state index in [1.165, 1.54) is 11.1 Å². The molecule has 0 radical (unpaired) electrons. The fourth-order valence-electron chi connectivity index (χ4n) is 2.88. The number of anilines is 1. The van der Waals surface area contributed by atoms with Gasteiger partial charge in [-0.25, -0.2) is 0 Å². The highest BCUT2D eigenvalue weighted by Gasteiger charge is 2.28.